The third-order valence-electron chi connectivity index (χ3n) is 5.76. The number of thiophene rings is 1. The maximum atomic E-state index is 13.7. The minimum absolute atomic E-state index is 0.0214. The molecule has 0 bridgehead atoms. The van der Waals surface area contributed by atoms with E-state index in [-0.39, 0.29) is 11.5 Å². The highest BCUT2D eigenvalue weighted by Gasteiger charge is 2.19. The Morgan fingerprint density at radius 2 is 1.81 bits per heavy atom. The van der Waals surface area contributed by atoms with Crippen molar-refractivity contribution in [3.8, 4) is 0 Å². The predicted molar refractivity (Wildman–Crippen MR) is 135 cm³/mol. The fourth-order valence-corrected chi connectivity index (χ4v) is 6.00. The van der Waals surface area contributed by atoms with Gasteiger partial charge in [-0.1, -0.05) is 73.3 Å². The molecule has 5 aromatic rings. The van der Waals surface area contributed by atoms with E-state index in [2.05, 4.69) is 55.2 Å². The molecule has 6 heteroatoms. The molecule has 0 saturated heterocycles. The molecular weight excluding hydrogens is 434 g/mol. The molecule has 160 valence electrons. The van der Waals surface area contributed by atoms with Gasteiger partial charge >= 0.3 is 0 Å². The Morgan fingerprint density at radius 3 is 2.62 bits per heavy atom. The lowest BCUT2D eigenvalue weighted by Crippen LogP contribution is -2.25. The Kier molecular flexibility index (Phi) is 5.81. The highest BCUT2D eigenvalue weighted by molar-refractivity contribution is 7.98. The van der Waals surface area contributed by atoms with E-state index in [1.54, 1.807) is 18.0 Å². The number of thioether (sulfide) groups is 1. The molecular formula is C26H23N3OS2. The average molecular weight is 458 g/mol. The van der Waals surface area contributed by atoms with Crippen molar-refractivity contribution in [3.05, 3.63) is 100.0 Å². The molecule has 5 rings (SSSR count). The first-order valence-corrected chi connectivity index (χ1v) is 12.4. The summed E-state index contributed by atoms with van der Waals surface area (Å²) >= 11 is 3.06. The molecule has 0 spiro atoms. The second kappa shape index (κ2) is 8.88. The van der Waals surface area contributed by atoms with Crippen LogP contribution in [-0.2, 0) is 12.3 Å². The summed E-state index contributed by atoms with van der Waals surface area (Å²) in [5.41, 5.74) is 4.50. The van der Waals surface area contributed by atoms with Crippen LogP contribution in [0, 0.1) is 6.92 Å². The molecule has 0 amide bonds. The summed E-state index contributed by atoms with van der Waals surface area (Å²) in [6.07, 6.45) is 1.77. The Bertz CT molecular complexity index is 1460. The maximum absolute atomic E-state index is 13.7. The van der Waals surface area contributed by atoms with Crippen LogP contribution >= 0.6 is 23.1 Å². The molecule has 0 aliphatic rings. The summed E-state index contributed by atoms with van der Waals surface area (Å²) in [4.78, 5) is 24.0. The summed E-state index contributed by atoms with van der Waals surface area (Å²) in [6, 6.07) is 22.6. The second-order valence-electron chi connectivity index (χ2n) is 7.97. The number of hydrogen-bond donors (Lipinski definition) is 0. The lowest BCUT2D eigenvalue weighted by Gasteiger charge is -2.17. The van der Waals surface area contributed by atoms with Gasteiger partial charge in [-0.25, -0.2) is 9.97 Å². The normalized spacial score (nSPS) is 12.4. The van der Waals surface area contributed by atoms with Crippen LogP contribution in [0.15, 0.2) is 82.9 Å². The number of nitrogens with zero attached hydrogens (tertiary/aromatic N) is 3. The number of fused-ring (bicyclic) bond motifs is 3. The van der Waals surface area contributed by atoms with E-state index in [9.17, 15) is 4.79 Å². The van der Waals surface area contributed by atoms with Crippen LogP contribution < -0.4 is 5.56 Å². The highest BCUT2D eigenvalue weighted by Crippen LogP contribution is 2.32. The number of benzene rings is 2. The molecule has 0 aliphatic carbocycles. The standard InChI is InChI=1S/C26H23N3OS2/c1-17-9-6-7-12-20(17)16-31-26-28-22-21-13-8-14-27-24(21)32-23(22)25(30)29(26)15-18(2)19-10-4-3-5-11-19/h3-14,18H,15-16H2,1-2H3/t18-/m0/s1. The molecule has 3 aromatic heterocycles. The van der Waals surface area contributed by atoms with Crippen molar-refractivity contribution in [2.24, 2.45) is 0 Å². The molecule has 0 aliphatic heterocycles. The van der Waals surface area contributed by atoms with Gasteiger partial charge in [0.15, 0.2) is 5.16 Å². The summed E-state index contributed by atoms with van der Waals surface area (Å²) in [6.45, 7) is 4.87. The van der Waals surface area contributed by atoms with Gasteiger partial charge in [-0.05, 0) is 41.7 Å². The van der Waals surface area contributed by atoms with E-state index in [0.29, 0.717) is 11.2 Å². The minimum atomic E-state index is 0.0214. The van der Waals surface area contributed by atoms with Crippen molar-refractivity contribution in [2.45, 2.75) is 37.2 Å². The van der Waals surface area contributed by atoms with Crippen molar-refractivity contribution in [2.75, 3.05) is 0 Å². The zero-order valence-corrected chi connectivity index (χ0v) is 19.6. The van der Waals surface area contributed by atoms with E-state index < -0.39 is 0 Å². The number of aryl methyl sites for hydroxylation is 1. The van der Waals surface area contributed by atoms with Gasteiger partial charge in [0.05, 0.1) is 5.52 Å². The third-order valence-corrected chi connectivity index (χ3v) is 7.88. The number of hydrogen-bond acceptors (Lipinski definition) is 5. The Labute approximate surface area is 195 Å². The molecule has 3 heterocycles. The highest BCUT2D eigenvalue weighted by atomic mass is 32.2. The van der Waals surface area contributed by atoms with Crippen LogP contribution in [0.1, 0.15) is 29.5 Å². The van der Waals surface area contributed by atoms with Crippen LogP contribution in [0.4, 0.5) is 0 Å². The smallest absolute Gasteiger partial charge is 0.272 e. The van der Waals surface area contributed by atoms with Crippen molar-refractivity contribution >= 4 is 43.5 Å². The van der Waals surface area contributed by atoms with E-state index in [4.69, 9.17) is 4.98 Å². The summed E-state index contributed by atoms with van der Waals surface area (Å²) in [5.74, 6) is 0.962. The van der Waals surface area contributed by atoms with Crippen molar-refractivity contribution in [1.82, 2.24) is 14.5 Å². The van der Waals surface area contributed by atoms with Crippen molar-refractivity contribution in [1.29, 1.82) is 0 Å². The Hall–Kier alpha value is -2.96. The first-order chi connectivity index (χ1) is 15.6. The number of pyridine rings is 1. The van der Waals surface area contributed by atoms with Gasteiger partial charge in [0.2, 0.25) is 0 Å². The van der Waals surface area contributed by atoms with Crippen LogP contribution in [0.25, 0.3) is 20.4 Å². The third kappa shape index (κ3) is 3.96. The fourth-order valence-electron chi connectivity index (χ4n) is 3.89. The van der Waals surface area contributed by atoms with Crippen molar-refractivity contribution in [3.63, 3.8) is 0 Å². The largest absolute Gasteiger partial charge is 0.286 e. The first-order valence-electron chi connectivity index (χ1n) is 10.6. The number of aromatic nitrogens is 3. The minimum Gasteiger partial charge on any atom is -0.286 e. The van der Waals surface area contributed by atoms with E-state index in [0.717, 1.165) is 26.6 Å². The topological polar surface area (TPSA) is 47.8 Å². The maximum Gasteiger partial charge on any atom is 0.272 e. The second-order valence-corrected chi connectivity index (χ2v) is 9.91. The van der Waals surface area contributed by atoms with Crippen molar-refractivity contribution < 1.29 is 0 Å². The average Bonchev–Trinajstić information content (AvgIpc) is 3.20. The number of rotatable bonds is 6. The molecule has 0 N–H and O–H groups in total. The van der Waals surface area contributed by atoms with E-state index in [1.165, 1.54) is 28.0 Å². The fraction of sp³-hybridized carbons (Fsp3) is 0.192. The van der Waals surface area contributed by atoms with Gasteiger partial charge in [0.25, 0.3) is 5.56 Å². The van der Waals surface area contributed by atoms with Crippen LogP contribution in [0.5, 0.6) is 0 Å². The van der Waals surface area contributed by atoms with Crippen LogP contribution in [-0.4, -0.2) is 14.5 Å². The van der Waals surface area contributed by atoms with Gasteiger partial charge in [-0.3, -0.25) is 9.36 Å². The predicted octanol–water partition coefficient (Wildman–Crippen LogP) is 6.41. The zero-order chi connectivity index (χ0) is 22.1. The molecule has 1 atom stereocenters. The SMILES string of the molecule is Cc1ccccc1CSc1nc2c(sc3ncccc32)c(=O)n1C[C@H](C)c1ccccc1. The molecule has 2 aromatic carbocycles. The molecule has 4 nitrogen and oxygen atoms in total. The molecule has 0 saturated carbocycles. The van der Waals surface area contributed by atoms with Crippen LogP contribution in [0.2, 0.25) is 0 Å². The van der Waals surface area contributed by atoms with Gasteiger partial charge in [-0.2, -0.15) is 0 Å². The summed E-state index contributed by atoms with van der Waals surface area (Å²) < 4.78 is 2.54. The molecule has 0 radical (unpaired) electrons. The van der Waals surface area contributed by atoms with Gasteiger partial charge in [0.1, 0.15) is 9.53 Å². The van der Waals surface area contributed by atoms with Gasteiger partial charge in [0, 0.05) is 23.9 Å². The first kappa shape index (κ1) is 20.9. The molecule has 32 heavy (non-hydrogen) atoms. The quantitative estimate of drug-likeness (QED) is 0.218. The molecule has 0 fully saturated rings. The van der Waals surface area contributed by atoms with Gasteiger partial charge in [-0.15, -0.1) is 11.3 Å². The summed E-state index contributed by atoms with van der Waals surface area (Å²) in [5, 5.41) is 1.71. The van der Waals surface area contributed by atoms with Crippen LogP contribution in [0.3, 0.4) is 0 Å². The molecule has 0 unspecified atom stereocenters. The summed E-state index contributed by atoms with van der Waals surface area (Å²) in [7, 11) is 0. The van der Waals surface area contributed by atoms with E-state index >= 15 is 0 Å². The monoisotopic (exact) mass is 457 g/mol. The zero-order valence-electron chi connectivity index (χ0n) is 18.0. The Balaban J connectivity index is 1.61. The lowest BCUT2D eigenvalue weighted by molar-refractivity contribution is 0.532. The van der Waals surface area contributed by atoms with E-state index in [1.807, 2.05) is 34.9 Å². The van der Waals surface area contributed by atoms with Gasteiger partial charge < -0.3 is 0 Å². The Morgan fingerprint density at radius 1 is 1.03 bits per heavy atom. The lowest BCUT2D eigenvalue weighted by atomic mass is 10.0.